The molecule has 0 spiro atoms. The predicted molar refractivity (Wildman–Crippen MR) is 79.0 cm³/mol. The summed E-state index contributed by atoms with van der Waals surface area (Å²) in [5.41, 5.74) is 5.62. The number of anilines is 1. The van der Waals surface area contributed by atoms with E-state index in [2.05, 4.69) is 27.5 Å². The van der Waals surface area contributed by atoms with E-state index >= 15 is 0 Å². The van der Waals surface area contributed by atoms with Crippen molar-refractivity contribution in [3.63, 3.8) is 0 Å². The Kier molecular flexibility index (Phi) is 3.84. The zero-order valence-corrected chi connectivity index (χ0v) is 11.9. The summed E-state index contributed by atoms with van der Waals surface area (Å²) in [5, 5.41) is 6.38. The highest BCUT2D eigenvalue weighted by atomic mass is 32.1. The van der Waals surface area contributed by atoms with Gasteiger partial charge in [0.05, 0.1) is 0 Å². The van der Waals surface area contributed by atoms with Crippen LogP contribution in [0.25, 0.3) is 0 Å². The van der Waals surface area contributed by atoms with Crippen molar-refractivity contribution in [2.24, 2.45) is 0 Å². The molecule has 0 radical (unpaired) electrons. The first kappa shape index (κ1) is 12.7. The highest BCUT2D eigenvalue weighted by Crippen LogP contribution is 2.29. The van der Waals surface area contributed by atoms with Gasteiger partial charge in [-0.2, -0.15) is 5.10 Å². The van der Waals surface area contributed by atoms with Crippen molar-refractivity contribution in [1.82, 2.24) is 14.7 Å². The average molecular weight is 276 g/mol. The summed E-state index contributed by atoms with van der Waals surface area (Å²) in [6.45, 7) is 3.19. The minimum absolute atomic E-state index is 0.609. The number of rotatable bonds is 7. The number of thiophene rings is 1. The molecule has 0 atom stereocenters. The summed E-state index contributed by atoms with van der Waals surface area (Å²) in [7, 11) is 0. The molecule has 0 saturated heterocycles. The Morgan fingerprint density at radius 3 is 2.95 bits per heavy atom. The SMILES string of the molecule is Nc1ccn(CCCN(Cc2cccs2)C2CC2)n1. The van der Waals surface area contributed by atoms with E-state index in [1.165, 1.54) is 17.7 Å². The van der Waals surface area contributed by atoms with Crippen LogP contribution in [0.2, 0.25) is 0 Å². The molecule has 102 valence electrons. The third kappa shape index (κ3) is 3.58. The van der Waals surface area contributed by atoms with Crippen LogP contribution in [0.5, 0.6) is 0 Å². The van der Waals surface area contributed by atoms with Gasteiger partial charge in [-0.05, 0) is 36.8 Å². The summed E-state index contributed by atoms with van der Waals surface area (Å²) < 4.78 is 1.94. The molecule has 0 bridgehead atoms. The zero-order chi connectivity index (χ0) is 13.1. The molecule has 1 aliphatic carbocycles. The number of nitrogen functional groups attached to an aromatic ring is 1. The van der Waals surface area contributed by atoms with Gasteiger partial charge in [-0.1, -0.05) is 6.07 Å². The maximum absolute atomic E-state index is 5.62. The van der Waals surface area contributed by atoms with Crippen molar-refractivity contribution in [1.29, 1.82) is 0 Å². The number of aromatic nitrogens is 2. The van der Waals surface area contributed by atoms with Crippen LogP contribution in [0, 0.1) is 0 Å². The third-order valence-corrected chi connectivity index (χ3v) is 4.36. The van der Waals surface area contributed by atoms with Crippen molar-refractivity contribution in [3.05, 3.63) is 34.7 Å². The fourth-order valence-corrected chi connectivity index (χ4v) is 3.10. The number of nitrogens with two attached hydrogens (primary N) is 1. The van der Waals surface area contributed by atoms with Crippen LogP contribution in [0.15, 0.2) is 29.8 Å². The molecule has 1 saturated carbocycles. The van der Waals surface area contributed by atoms with Gasteiger partial charge in [-0.15, -0.1) is 11.3 Å². The fraction of sp³-hybridized carbons (Fsp3) is 0.500. The Balaban J connectivity index is 1.48. The van der Waals surface area contributed by atoms with Crippen LogP contribution < -0.4 is 5.73 Å². The first-order valence-electron chi connectivity index (χ1n) is 6.86. The zero-order valence-electron chi connectivity index (χ0n) is 11.0. The van der Waals surface area contributed by atoms with E-state index in [0.29, 0.717) is 5.82 Å². The molecule has 0 aromatic carbocycles. The Morgan fingerprint density at radius 2 is 2.32 bits per heavy atom. The molecule has 2 N–H and O–H groups in total. The van der Waals surface area contributed by atoms with Crippen molar-refractivity contribution in [3.8, 4) is 0 Å². The third-order valence-electron chi connectivity index (χ3n) is 3.50. The lowest BCUT2D eigenvalue weighted by Crippen LogP contribution is -2.27. The van der Waals surface area contributed by atoms with E-state index in [4.69, 9.17) is 5.73 Å². The van der Waals surface area contributed by atoms with Crippen molar-refractivity contribution in [2.45, 2.75) is 38.4 Å². The number of aryl methyl sites for hydroxylation is 1. The Morgan fingerprint density at radius 1 is 1.42 bits per heavy atom. The predicted octanol–water partition coefficient (Wildman–Crippen LogP) is 2.58. The summed E-state index contributed by atoms with van der Waals surface area (Å²) in [6, 6.07) is 7.03. The molecular weight excluding hydrogens is 256 g/mol. The number of nitrogens with zero attached hydrogens (tertiary/aromatic N) is 3. The van der Waals surface area contributed by atoms with Gasteiger partial charge >= 0.3 is 0 Å². The molecule has 4 nitrogen and oxygen atoms in total. The van der Waals surface area contributed by atoms with Crippen LogP contribution >= 0.6 is 11.3 Å². The molecule has 3 rings (SSSR count). The van der Waals surface area contributed by atoms with Crippen LogP contribution in [0.1, 0.15) is 24.1 Å². The second-order valence-corrected chi connectivity index (χ2v) is 6.17. The quantitative estimate of drug-likeness (QED) is 0.845. The molecule has 1 fully saturated rings. The molecule has 0 aliphatic heterocycles. The van der Waals surface area contributed by atoms with Crippen LogP contribution in [-0.2, 0) is 13.1 Å². The lowest BCUT2D eigenvalue weighted by Gasteiger charge is -2.21. The van der Waals surface area contributed by atoms with E-state index in [0.717, 1.165) is 32.1 Å². The van der Waals surface area contributed by atoms with E-state index < -0.39 is 0 Å². The molecule has 0 amide bonds. The molecule has 1 aliphatic rings. The van der Waals surface area contributed by atoms with Crippen molar-refractivity contribution < 1.29 is 0 Å². The largest absolute Gasteiger partial charge is 0.382 e. The second-order valence-electron chi connectivity index (χ2n) is 5.14. The topological polar surface area (TPSA) is 47.1 Å². The van der Waals surface area contributed by atoms with Gasteiger partial charge in [-0.25, -0.2) is 0 Å². The lowest BCUT2D eigenvalue weighted by atomic mass is 10.3. The first-order chi connectivity index (χ1) is 9.31. The molecule has 2 heterocycles. The van der Waals surface area contributed by atoms with E-state index in [1.807, 2.05) is 28.3 Å². The second kappa shape index (κ2) is 5.75. The van der Waals surface area contributed by atoms with E-state index in [1.54, 1.807) is 0 Å². The van der Waals surface area contributed by atoms with Gasteiger partial charge in [-0.3, -0.25) is 9.58 Å². The molecule has 5 heteroatoms. The van der Waals surface area contributed by atoms with Gasteiger partial charge in [0.25, 0.3) is 0 Å². The summed E-state index contributed by atoms with van der Waals surface area (Å²) in [6.07, 6.45) is 5.80. The summed E-state index contributed by atoms with van der Waals surface area (Å²) in [4.78, 5) is 4.08. The normalized spacial score (nSPS) is 15.2. The van der Waals surface area contributed by atoms with Gasteiger partial charge in [0, 0.05) is 36.8 Å². The number of hydrogen-bond acceptors (Lipinski definition) is 4. The lowest BCUT2D eigenvalue weighted by molar-refractivity contribution is 0.247. The minimum atomic E-state index is 0.609. The minimum Gasteiger partial charge on any atom is -0.382 e. The summed E-state index contributed by atoms with van der Waals surface area (Å²) >= 11 is 1.85. The van der Waals surface area contributed by atoms with Crippen molar-refractivity contribution in [2.75, 3.05) is 12.3 Å². The van der Waals surface area contributed by atoms with Gasteiger partial charge in [0.15, 0.2) is 0 Å². The smallest absolute Gasteiger partial charge is 0.145 e. The molecular formula is C14H20N4S. The average Bonchev–Trinajstić information content (AvgIpc) is 2.97. The summed E-state index contributed by atoms with van der Waals surface area (Å²) in [5.74, 6) is 0.609. The van der Waals surface area contributed by atoms with Gasteiger partial charge < -0.3 is 5.73 Å². The maximum Gasteiger partial charge on any atom is 0.145 e. The molecule has 2 aromatic rings. The maximum atomic E-state index is 5.62. The molecule has 0 unspecified atom stereocenters. The fourth-order valence-electron chi connectivity index (χ4n) is 2.37. The Labute approximate surface area is 117 Å². The molecule has 19 heavy (non-hydrogen) atoms. The Hall–Kier alpha value is -1.33. The van der Waals surface area contributed by atoms with E-state index in [9.17, 15) is 0 Å². The van der Waals surface area contributed by atoms with Crippen LogP contribution in [0.4, 0.5) is 5.82 Å². The highest BCUT2D eigenvalue weighted by Gasteiger charge is 2.28. The standard InChI is InChI=1S/C14H20N4S/c15-14-6-9-18(16-14)8-2-7-17(12-4-5-12)11-13-3-1-10-19-13/h1,3,6,9-10,12H,2,4-5,7-8,11H2,(H2,15,16). The van der Waals surface area contributed by atoms with E-state index in [-0.39, 0.29) is 0 Å². The first-order valence-corrected chi connectivity index (χ1v) is 7.74. The number of hydrogen-bond donors (Lipinski definition) is 1. The van der Waals surface area contributed by atoms with Gasteiger partial charge in [0.2, 0.25) is 0 Å². The van der Waals surface area contributed by atoms with Crippen LogP contribution in [-0.4, -0.2) is 27.3 Å². The highest BCUT2D eigenvalue weighted by molar-refractivity contribution is 7.09. The van der Waals surface area contributed by atoms with Crippen LogP contribution in [0.3, 0.4) is 0 Å². The monoisotopic (exact) mass is 276 g/mol. The van der Waals surface area contributed by atoms with Gasteiger partial charge in [0.1, 0.15) is 5.82 Å². The Bertz CT molecular complexity index is 501. The molecule has 2 aromatic heterocycles. The van der Waals surface area contributed by atoms with Crippen molar-refractivity contribution >= 4 is 17.2 Å².